The van der Waals surface area contributed by atoms with Crippen molar-refractivity contribution in [2.75, 3.05) is 20.7 Å². The summed E-state index contributed by atoms with van der Waals surface area (Å²) < 4.78 is 5.26. The predicted octanol–water partition coefficient (Wildman–Crippen LogP) is 1.69. The Morgan fingerprint density at radius 3 is 2.75 bits per heavy atom. The summed E-state index contributed by atoms with van der Waals surface area (Å²) in [6.07, 6.45) is 2.43. The molecule has 0 spiro atoms. The molecule has 1 fully saturated rings. The lowest BCUT2D eigenvalue weighted by Crippen LogP contribution is -2.32. The summed E-state index contributed by atoms with van der Waals surface area (Å²) in [4.78, 5) is 0. The van der Waals surface area contributed by atoms with E-state index < -0.39 is 0 Å². The van der Waals surface area contributed by atoms with Crippen LogP contribution in [0.25, 0.3) is 0 Å². The molecule has 3 N–H and O–H groups in total. The fourth-order valence-corrected chi connectivity index (χ4v) is 2.42. The Kier molecular flexibility index (Phi) is 3.17. The highest BCUT2D eigenvalue weighted by molar-refractivity contribution is 5.33. The minimum Gasteiger partial charge on any atom is -0.497 e. The largest absolute Gasteiger partial charge is 0.497 e. The van der Waals surface area contributed by atoms with E-state index in [1.54, 1.807) is 7.11 Å². The van der Waals surface area contributed by atoms with E-state index in [4.69, 9.17) is 10.5 Å². The molecule has 0 bridgehead atoms. The van der Waals surface area contributed by atoms with Gasteiger partial charge in [0.1, 0.15) is 5.75 Å². The van der Waals surface area contributed by atoms with Crippen LogP contribution in [-0.2, 0) is 0 Å². The average Bonchev–Trinajstić information content (AvgIpc) is 3.11. The quantitative estimate of drug-likeness (QED) is 0.794. The van der Waals surface area contributed by atoms with Crippen LogP contribution in [-0.4, -0.2) is 20.7 Å². The lowest BCUT2D eigenvalue weighted by atomic mass is 9.90. The number of nitrogens with one attached hydrogen (secondary N) is 1. The molecule has 1 aliphatic rings. The summed E-state index contributed by atoms with van der Waals surface area (Å²) in [7, 11) is 3.70. The molecule has 0 aliphatic heterocycles. The Hall–Kier alpha value is -1.06. The number of hydrogen-bond donors (Lipinski definition) is 2. The summed E-state index contributed by atoms with van der Waals surface area (Å²) in [6, 6.07) is 8.58. The number of methoxy groups -OCH3 is 1. The summed E-state index contributed by atoms with van der Waals surface area (Å²) >= 11 is 0. The van der Waals surface area contributed by atoms with Gasteiger partial charge < -0.3 is 15.8 Å². The molecule has 1 unspecified atom stereocenters. The molecule has 0 amide bonds. The molecular weight excluding hydrogens is 200 g/mol. The topological polar surface area (TPSA) is 47.3 Å². The maximum absolute atomic E-state index is 5.88. The third-order valence-electron chi connectivity index (χ3n) is 3.63. The second-order valence-electron chi connectivity index (χ2n) is 4.56. The summed E-state index contributed by atoms with van der Waals surface area (Å²) in [5.41, 5.74) is 7.42. The first-order valence-corrected chi connectivity index (χ1v) is 5.77. The van der Waals surface area contributed by atoms with E-state index in [0.717, 1.165) is 12.3 Å². The first kappa shape index (κ1) is 11.4. The molecule has 3 heteroatoms. The molecule has 0 heterocycles. The zero-order valence-electron chi connectivity index (χ0n) is 9.99. The highest BCUT2D eigenvalue weighted by Crippen LogP contribution is 2.54. The Bertz CT molecular complexity index is 361. The lowest BCUT2D eigenvalue weighted by Gasteiger charge is -2.26. The molecule has 88 valence electrons. The van der Waals surface area contributed by atoms with E-state index in [9.17, 15) is 0 Å². The van der Waals surface area contributed by atoms with E-state index in [-0.39, 0.29) is 5.41 Å². The van der Waals surface area contributed by atoms with Crippen LogP contribution in [0.5, 0.6) is 5.75 Å². The van der Waals surface area contributed by atoms with Crippen LogP contribution in [0.2, 0.25) is 0 Å². The third kappa shape index (κ3) is 1.93. The molecule has 1 aliphatic carbocycles. The molecule has 3 nitrogen and oxygen atoms in total. The van der Waals surface area contributed by atoms with Gasteiger partial charge in [0.2, 0.25) is 0 Å². The molecule has 16 heavy (non-hydrogen) atoms. The third-order valence-corrected chi connectivity index (χ3v) is 3.63. The van der Waals surface area contributed by atoms with Gasteiger partial charge >= 0.3 is 0 Å². The Balaban J connectivity index is 2.26. The van der Waals surface area contributed by atoms with Crippen LogP contribution in [0, 0.1) is 5.41 Å². The van der Waals surface area contributed by atoms with Crippen molar-refractivity contribution in [2.24, 2.45) is 11.1 Å². The van der Waals surface area contributed by atoms with Crippen molar-refractivity contribution in [1.82, 2.24) is 5.32 Å². The van der Waals surface area contributed by atoms with Crippen LogP contribution in [0.4, 0.5) is 0 Å². The van der Waals surface area contributed by atoms with Crippen molar-refractivity contribution in [1.29, 1.82) is 0 Å². The Morgan fingerprint density at radius 1 is 1.50 bits per heavy atom. The van der Waals surface area contributed by atoms with E-state index in [1.165, 1.54) is 18.4 Å². The van der Waals surface area contributed by atoms with Crippen molar-refractivity contribution in [3.63, 3.8) is 0 Å². The van der Waals surface area contributed by atoms with E-state index >= 15 is 0 Å². The van der Waals surface area contributed by atoms with Gasteiger partial charge in [0.15, 0.2) is 0 Å². The number of ether oxygens (including phenoxy) is 1. The van der Waals surface area contributed by atoms with Gasteiger partial charge in [0.05, 0.1) is 7.11 Å². The zero-order chi connectivity index (χ0) is 11.6. The lowest BCUT2D eigenvalue weighted by molar-refractivity contribution is 0.363. The van der Waals surface area contributed by atoms with E-state index in [2.05, 4.69) is 17.4 Å². The van der Waals surface area contributed by atoms with Crippen LogP contribution in [0.3, 0.4) is 0 Å². The zero-order valence-corrected chi connectivity index (χ0v) is 9.99. The maximum Gasteiger partial charge on any atom is 0.119 e. The van der Waals surface area contributed by atoms with Gasteiger partial charge in [-0.2, -0.15) is 0 Å². The Labute approximate surface area is 97.0 Å². The number of benzene rings is 1. The van der Waals surface area contributed by atoms with Gasteiger partial charge in [-0.15, -0.1) is 0 Å². The first-order valence-electron chi connectivity index (χ1n) is 5.77. The minimum atomic E-state index is 0.265. The van der Waals surface area contributed by atoms with Gasteiger partial charge in [0, 0.05) is 11.5 Å². The average molecular weight is 220 g/mol. The van der Waals surface area contributed by atoms with Gasteiger partial charge in [-0.1, -0.05) is 12.1 Å². The molecule has 1 atom stereocenters. The smallest absolute Gasteiger partial charge is 0.119 e. The van der Waals surface area contributed by atoms with E-state index in [1.807, 2.05) is 19.2 Å². The fourth-order valence-electron chi connectivity index (χ4n) is 2.42. The minimum absolute atomic E-state index is 0.265. The first-order chi connectivity index (χ1) is 7.75. The molecule has 0 aromatic heterocycles. The van der Waals surface area contributed by atoms with Crippen LogP contribution in [0.1, 0.15) is 24.4 Å². The second-order valence-corrected chi connectivity index (χ2v) is 4.56. The van der Waals surface area contributed by atoms with Crippen molar-refractivity contribution in [3.05, 3.63) is 29.8 Å². The normalized spacial score (nSPS) is 19.2. The molecule has 1 aromatic rings. The second kappa shape index (κ2) is 4.44. The Morgan fingerprint density at radius 2 is 2.25 bits per heavy atom. The SMILES string of the molecule is CNC(c1cccc(OC)c1)C1(CN)CC1. The predicted molar refractivity (Wildman–Crippen MR) is 65.5 cm³/mol. The molecule has 0 radical (unpaired) electrons. The number of nitrogens with two attached hydrogens (primary N) is 1. The molecule has 1 aromatic carbocycles. The van der Waals surface area contributed by atoms with Crippen LogP contribution < -0.4 is 15.8 Å². The van der Waals surface area contributed by atoms with Crippen LogP contribution >= 0.6 is 0 Å². The number of rotatable bonds is 5. The van der Waals surface area contributed by atoms with Crippen molar-refractivity contribution in [3.8, 4) is 5.75 Å². The summed E-state index contributed by atoms with van der Waals surface area (Å²) in [5.74, 6) is 0.908. The van der Waals surface area contributed by atoms with Crippen molar-refractivity contribution >= 4 is 0 Å². The summed E-state index contributed by atoms with van der Waals surface area (Å²) in [6.45, 7) is 0.746. The highest BCUT2D eigenvalue weighted by Gasteiger charge is 2.48. The van der Waals surface area contributed by atoms with Gasteiger partial charge in [-0.3, -0.25) is 0 Å². The highest BCUT2D eigenvalue weighted by atomic mass is 16.5. The van der Waals surface area contributed by atoms with Crippen LogP contribution in [0.15, 0.2) is 24.3 Å². The van der Waals surface area contributed by atoms with Gasteiger partial charge in [-0.05, 0) is 44.1 Å². The molecule has 1 saturated carbocycles. The molecular formula is C13H20N2O. The molecule has 0 saturated heterocycles. The standard InChI is InChI=1S/C13H20N2O/c1-15-12(13(9-14)6-7-13)10-4-3-5-11(8-10)16-2/h3-5,8,12,15H,6-7,9,14H2,1-2H3. The monoisotopic (exact) mass is 220 g/mol. The fraction of sp³-hybridized carbons (Fsp3) is 0.538. The van der Waals surface area contributed by atoms with Crippen molar-refractivity contribution in [2.45, 2.75) is 18.9 Å². The number of hydrogen-bond acceptors (Lipinski definition) is 3. The van der Waals surface area contributed by atoms with Gasteiger partial charge in [0.25, 0.3) is 0 Å². The van der Waals surface area contributed by atoms with Gasteiger partial charge in [-0.25, -0.2) is 0 Å². The van der Waals surface area contributed by atoms with E-state index in [0.29, 0.717) is 6.04 Å². The van der Waals surface area contributed by atoms with Crippen molar-refractivity contribution < 1.29 is 4.74 Å². The summed E-state index contributed by atoms with van der Waals surface area (Å²) in [5, 5.41) is 3.39. The molecule has 2 rings (SSSR count). The maximum atomic E-state index is 5.88.